The number of carbonyl (C=O) groups is 1. The van der Waals surface area contributed by atoms with Crippen molar-refractivity contribution in [2.24, 2.45) is 5.92 Å². The molecule has 0 atom stereocenters. The van der Waals surface area contributed by atoms with Crippen LogP contribution < -0.4 is 9.80 Å². The summed E-state index contributed by atoms with van der Waals surface area (Å²) in [6, 6.07) is 10.4. The number of halogens is 3. The van der Waals surface area contributed by atoms with Crippen molar-refractivity contribution in [2.45, 2.75) is 12.8 Å². The van der Waals surface area contributed by atoms with Crippen LogP contribution in [0.2, 0.25) is 10.0 Å². The number of amides is 1. The van der Waals surface area contributed by atoms with Gasteiger partial charge in [0, 0.05) is 50.9 Å². The van der Waals surface area contributed by atoms with E-state index in [1.54, 1.807) is 6.07 Å². The number of hydrogen-bond donors (Lipinski definition) is 0. The van der Waals surface area contributed by atoms with Gasteiger partial charge >= 0.3 is 0 Å². The van der Waals surface area contributed by atoms with E-state index in [0.717, 1.165) is 60.1 Å². The molecule has 1 amide bonds. The van der Waals surface area contributed by atoms with E-state index < -0.39 is 0 Å². The molecule has 0 bridgehead atoms. The highest BCUT2D eigenvalue weighted by atomic mass is 35.5. The number of aromatic nitrogens is 1. The SMILES string of the molecule is O=C(C1CCN(c2nc3ccc(F)cc3s2)CC1)N1CCN(c2ccc(Cl)c(Cl)c2)CC1. The van der Waals surface area contributed by atoms with E-state index in [1.165, 1.54) is 23.5 Å². The molecule has 0 N–H and O–H groups in total. The van der Waals surface area contributed by atoms with Crippen LogP contribution in [0.25, 0.3) is 10.2 Å². The molecule has 0 spiro atoms. The van der Waals surface area contributed by atoms with Gasteiger partial charge in [-0.3, -0.25) is 4.79 Å². The summed E-state index contributed by atoms with van der Waals surface area (Å²) in [5.74, 6) is 0.0654. The van der Waals surface area contributed by atoms with Gasteiger partial charge in [-0.2, -0.15) is 0 Å². The zero-order valence-corrected chi connectivity index (χ0v) is 19.8. The van der Waals surface area contributed by atoms with Crippen LogP contribution in [0.15, 0.2) is 36.4 Å². The van der Waals surface area contributed by atoms with Gasteiger partial charge in [-0.05, 0) is 49.2 Å². The maximum atomic E-state index is 13.5. The summed E-state index contributed by atoms with van der Waals surface area (Å²) in [7, 11) is 0. The van der Waals surface area contributed by atoms with Crippen molar-refractivity contribution in [1.82, 2.24) is 9.88 Å². The van der Waals surface area contributed by atoms with Gasteiger partial charge in [0.25, 0.3) is 0 Å². The van der Waals surface area contributed by atoms with Crippen molar-refractivity contribution < 1.29 is 9.18 Å². The van der Waals surface area contributed by atoms with Gasteiger partial charge in [-0.1, -0.05) is 34.5 Å². The Morgan fingerprint density at radius 1 is 0.938 bits per heavy atom. The lowest BCUT2D eigenvalue weighted by atomic mass is 9.95. The van der Waals surface area contributed by atoms with Crippen LogP contribution in [0.5, 0.6) is 0 Å². The minimum absolute atomic E-state index is 0.0506. The van der Waals surface area contributed by atoms with Gasteiger partial charge in [-0.15, -0.1) is 0 Å². The number of fused-ring (bicyclic) bond motifs is 1. The Morgan fingerprint density at radius 2 is 1.69 bits per heavy atom. The molecule has 9 heteroatoms. The first-order valence-electron chi connectivity index (χ1n) is 10.8. The molecule has 0 radical (unpaired) electrons. The van der Waals surface area contributed by atoms with Crippen LogP contribution >= 0.6 is 34.5 Å². The Balaban J connectivity index is 1.15. The fraction of sp³-hybridized carbons (Fsp3) is 0.391. The zero-order valence-electron chi connectivity index (χ0n) is 17.4. The molecule has 168 valence electrons. The predicted molar refractivity (Wildman–Crippen MR) is 130 cm³/mol. The highest BCUT2D eigenvalue weighted by Gasteiger charge is 2.31. The molecule has 3 heterocycles. The minimum atomic E-state index is -0.240. The molecular weight excluding hydrogens is 470 g/mol. The summed E-state index contributed by atoms with van der Waals surface area (Å²) in [6.07, 6.45) is 1.63. The number of benzene rings is 2. The lowest BCUT2D eigenvalue weighted by Crippen LogP contribution is -2.51. The van der Waals surface area contributed by atoms with E-state index in [9.17, 15) is 9.18 Å². The Kier molecular flexibility index (Phi) is 6.14. The van der Waals surface area contributed by atoms with Gasteiger partial charge in [0.2, 0.25) is 5.91 Å². The van der Waals surface area contributed by atoms with Crippen molar-refractivity contribution in [3.8, 4) is 0 Å². The molecular formula is C23H23Cl2FN4OS. The van der Waals surface area contributed by atoms with E-state index in [1.807, 2.05) is 23.1 Å². The number of nitrogens with zero attached hydrogens (tertiary/aromatic N) is 4. The summed E-state index contributed by atoms with van der Waals surface area (Å²) in [4.78, 5) is 24.2. The van der Waals surface area contributed by atoms with E-state index in [2.05, 4.69) is 14.8 Å². The number of thiazole rings is 1. The molecule has 32 heavy (non-hydrogen) atoms. The third-order valence-electron chi connectivity index (χ3n) is 6.31. The Labute approximate surface area is 200 Å². The number of carbonyl (C=O) groups excluding carboxylic acids is 1. The second-order valence-corrected chi connectivity index (χ2v) is 10.1. The first-order chi connectivity index (χ1) is 15.5. The lowest BCUT2D eigenvalue weighted by molar-refractivity contribution is -0.136. The second kappa shape index (κ2) is 9.04. The van der Waals surface area contributed by atoms with E-state index in [4.69, 9.17) is 23.2 Å². The van der Waals surface area contributed by atoms with E-state index in [-0.39, 0.29) is 17.6 Å². The molecule has 2 aliphatic heterocycles. The largest absolute Gasteiger partial charge is 0.368 e. The molecule has 0 unspecified atom stereocenters. The summed E-state index contributed by atoms with van der Waals surface area (Å²) in [5, 5.41) is 2.01. The Bertz CT molecular complexity index is 1140. The van der Waals surface area contributed by atoms with Gasteiger partial charge < -0.3 is 14.7 Å². The van der Waals surface area contributed by atoms with Crippen molar-refractivity contribution in [2.75, 3.05) is 49.1 Å². The zero-order chi connectivity index (χ0) is 22.2. The number of piperazine rings is 1. The third kappa shape index (κ3) is 4.38. The van der Waals surface area contributed by atoms with E-state index >= 15 is 0 Å². The molecule has 0 saturated carbocycles. The molecule has 5 rings (SSSR count). The Hall–Kier alpha value is -2.09. The van der Waals surface area contributed by atoms with Crippen LogP contribution in [-0.2, 0) is 4.79 Å². The quantitative estimate of drug-likeness (QED) is 0.496. The predicted octanol–water partition coefficient (Wildman–Crippen LogP) is 5.31. The summed E-state index contributed by atoms with van der Waals surface area (Å²) >= 11 is 13.7. The molecule has 2 aliphatic rings. The molecule has 0 aliphatic carbocycles. The van der Waals surface area contributed by atoms with Crippen LogP contribution in [0.4, 0.5) is 15.2 Å². The van der Waals surface area contributed by atoms with Crippen LogP contribution in [0, 0.1) is 11.7 Å². The normalized spacial score (nSPS) is 17.9. The minimum Gasteiger partial charge on any atom is -0.368 e. The van der Waals surface area contributed by atoms with Crippen molar-refractivity contribution >= 4 is 61.5 Å². The van der Waals surface area contributed by atoms with Gasteiger partial charge in [0.1, 0.15) is 5.82 Å². The molecule has 5 nitrogen and oxygen atoms in total. The third-order valence-corrected chi connectivity index (χ3v) is 8.13. The van der Waals surface area contributed by atoms with Crippen LogP contribution in [-0.4, -0.2) is 55.1 Å². The van der Waals surface area contributed by atoms with Crippen LogP contribution in [0.1, 0.15) is 12.8 Å². The average Bonchev–Trinajstić information content (AvgIpc) is 3.24. The first-order valence-corrected chi connectivity index (χ1v) is 12.3. The molecule has 1 aromatic heterocycles. The average molecular weight is 493 g/mol. The topological polar surface area (TPSA) is 39.7 Å². The fourth-order valence-electron chi connectivity index (χ4n) is 4.46. The maximum Gasteiger partial charge on any atom is 0.225 e. The van der Waals surface area contributed by atoms with Gasteiger partial charge in [-0.25, -0.2) is 9.37 Å². The summed E-state index contributed by atoms with van der Waals surface area (Å²) in [5.41, 5.74) is 1.86. The number of anilines is 2. The molecule has 2 aromatic carbocycles. The van der Waals surface area contributed by atoms with Crippen molar-refractivity contribution in [1.29, 1.82) is 0 Å². The van der Waals surface area contributed by atoms with Crippen molar-refractivity contribution in [3.63, 3.8) is 0 Å². The highest BCUT2D eigenvalue weighted by molar-refractivity contribution is 7.22. The van der Waals surface area contributed by atoms with E-state index in [0.29, 0.717) is 23.1 Å². The van der Waals surface area contributed by atoms with Crippen molar-refractivity contribution in [3.05, 3.63) is 52.3 Å². The monoisotopic (exact) mass is 492 g/mol. The molecule has 3 aromatic rings. The lowest BCUT2D eigenvalue weighted by Gasteiger charge is -2.39. The molecule has 2 saturated heterocycles. The maximum absolute atomic E-state index is 13.5. The highest BCUT2D eigenvalue weighted by Crippen LogP contribution is 2.33. The smallest absolute Gasteiger partial charge is 0.225 e. The number of piperidine rings is 1. The van der Waals surface area contributed by atoms with Crippen LogP contribution in [0.3, 0.4) is 0 Å². The number of rotatable bonds is 3. The summed E-state index contributed by atoms with van der Waals surface area (Å²) < 4.78 is 14.3. The Morgan fingerprint density at radius 3 is 2.41 bits per heavy atom. The second-order valence-electron chi connectivity index (χ2n) is 8.28. The first kappa shape index (κ1) is 21.7. The molecule has 2 fully saturated rings. The summed E-state index contributed by atoms with van der Waals surface area (Å²) in [6.45, 7) is 4.57. The fourth-order valence-corrected chi connectivity index (χ4v) is 5.80. The number of hydrogen-bond acceptors (Lipinski definition) is 5. The van der Waals surface area contributed by atoms with Gasteiger partial charge in [0.15, 0.2) is 5.13 Å². The van der Waals surface area contributed by atoms with Gasteiger partial charge in [0.05, 0.1) is 20.3 Å². The standard InChI is InChI=1S/C23H23Cl2FN4OS/c24-18-3-2-17(14-19(18)25)28-9-11-29(12-10-28)22(31)15-5-7-30(8-6-15)23-27-20-4-1-16(26)13-21(20)32-23/h1-4,13-15H,5-12H2.